The predicted octanol–water partition coefficient (Wildman–Crippen LogP) is 0.641. The summed E-state index contributed by atoms with van der Waals surface area (Å²) in [4.78, 5) is 38.1. The van der Waals surface area contributed by atoms with Crippen molar-refractivity contribution in [3.8, 4) is 0 Å². The second kappa shape index (κ2) is 10.1. The zero-order valence-electron chi connectivity index (χ0n) is 16.1. The third-order valence-corrected chi connectivity index (χ3v) is 4.96. The van der Waals surface area contributed by atoms with Gasteiger partial charge in [-0.15, -0.1) is 0 Å². The maximum atomic E-state index is 12.3. The minimum atomic E-state index is -0.614. The van der Waals surface area contributed by atoms with Crippen molar-refractivity contribution in [3.05, 3.63) is 35.9 Å². The minimum absolute atomic E-state index is 0.0187. The number of carbonyl (C=O) groups is 3. The molecule has 1 atom stereocenters. The summed E-state index contributed by atoms with van der Waals surface area (Å²) >= 11 is 0. The van der Waals surface area contributed by atoms with Crippen molar-refractivity contribution >= 4 is 17.7 Å². The van der Waals surface area contributed by atoms with E-state index in [1.165, 1.54) is 0 Å². The minimum Gasteiger partial charge on any atom is -0.352 e. The molecule has 2 rings (SSSR count). The van der Waals surface area contributed by atoms with Gasteiger partial charge in [-0.05, 0) is 24.3 Å². The van der Waals surface area contributed by atoms with Gasteiger partial charge < -0.3 is 21.3 Å². The monoisotopic (exact) mass is 374 g/mol. The van der Waals surface area contributed by atoms with Gasteiger partial charge in [0, 0.05) is 25.6 Å². The molecule has 0 aromatic heterocycles. The Kier molecular flexibility index (Phi) is 7.79. The van der Waals surface area contributed by atoms with Crippen molar-refractivity contribution in [2.45, 2.75) is 39.3 Å². The van der Waals surface area contributed by atoms with E-state index in [0.717, 1.165) is 5.56 Å². The van der Waals surface area contributed by atoms with Crippen molar-refractivity contribution in [2.75, 3.05) is 19.6 Å². The molecule has 148 valence electrons. The van der Waals surface area contributed by atoms with E-state index in [9.17, 15) is 14.4 Å². The number of nitrogens with two attached hydrogens (primary N) is 1. The lowest BCUT2D eigenvalue weighted by Gasteiger charge is -2.31. The van der Waals surface area contributed by atoms with E-state index < -0.39 is 6.04 Å². The number of benzene rings is 1. The average Bonchev–Trinajstić information content (AvgIpc) is 2.70. The molecular formula is C20H30N4O3. The number of carbonyl (C=O) groups excluding carboxylic acids is 3. The SMILES string of the molecule is CC(C)[C@H](N)C(=O)NCC(=O)N1CCC(C(=O)NCc2ccccc2)CC1. The van der Waals surface area contributed by atoms with Gasteiger partial charge in [0.05, 0.1) is 12.6 Å². The van der Waals surface area contributed by atoms with E-state index in [2.05, 4.69) is 10.6 Å². The smallest absolute Gasteiger partial charge is 0.241 e. The molecule has 1 aromatic carbocycles. The molecular weight excluding hydrogens is 344 g/mol. The van der Waals surface area contributed by atoms with Crippen LogP contribution in [-0.4, -0.2) is 48.3 Å². The topological polar surface area (TPSA) is 105 Å². The fraction of sp³-hybridized carbons (Fsp3) is 0.550. The Bertz CT molecular complexity index is 640. The van der Waals surface area contributed by atoms with Crippen LogP contribution in [0.25, 0.3) is 0 Å². The normalized spacial score (nSPS) is 16.1. The van der Waals surface area contributed by atoms with Crippen LogP contribution in [-0.2, 0) is 20.9 Å². The number of piperidine rings is 1. The number of rotatable bonds is 7. The molecule has 1 fully saturated rings. The van der Waals surface area contributed by atoms with Gasteiger partial charge in [0.25, 0.3) is 0 Å². The largest absolute Gasteiger partial charge is 0.352 e. The van der Waals surface area contributed by atoms with Crippen LogP contribution in [0.4, 0.5) is 0 Å². The first-order valence-corrected chi connectivity index (χ1v) is 9.51. The Morgan fingerprint density at radius 3 is 2.33 bits per heavy atom. The fourth-order valence-electron chi connectivity index (χ4n) is 3.02. The highest BCUT2D eigenvalue weighted by Crippen LogP contribution is 2.17. The molecule has 1 aliphatic heterocycles. The van der Waals surface area contributed by atoms with Crippen LogP contribution < -0.4 is 16.4 Å². The molecule has 1 heterocycles. The molecule has 3 amide bonds. The molecule has 0 aliphatic carbocycles. The van der Waals surface area contributed by atoms with Crippen LogP contribution in [0, 0.1) is 11.8 Å². The average molecular weight is 374 g/mol. The quantitative estimate of drug-likeness (QED) is 0.651. The van der Waals surface area contributed by atoms with E-state index >= 15 is 0 Å². The zero-order chi connectivity index (χ0) is 19.8. The molecule has 4 N–H and O–H groups in total. The van der Waals surface area contributed by atoms with E-state index in [1.54, 1.807) is 4.90 Å². The Balaban J connectivity index is 1.70. The first-order valence-electron chi connectivity index (χ1n) is 9.51. The highest BCUT2D eigenvalue weighted by molar-refractivity contribution is 5.87. The Labute approximate surface area is 160 Å². The lowest BCUT2D eigenvalue weighted by atomic mass is 9.95. The van der Waals surface area contributed by atoms with Gasteiger partial charge in [0.1, 0.15) is 0 Å². The first-order chi connectivity index (χ1) is 12.9. The van der Waals surface area contributed by atoms with Gasteiger partial charge in [0.15, 0.2) is 0 Å². The van der Waals surface area contributed by atoms with Crippen molar-refractivity contribution < 1.29 is 14.4 Å². The summed E-state index contributed by atoms with van der Waals surface area (Å²) in [5.74, 6) is -0.481. The highest BCUT2D eigenvalue weighted by Gasteiger charge is 2.27. The van der Waals surface area contributed by atoms with Crippen molar-refractivity contribution in [2.24, 2.45) is 17.6 Å². The second-order valence-electron chi connectivity index (χ2n) is 7.35. The van der Waals surface area contributed by atoms with Crippen LogP contribution in [0.5, 0.6) is 0 Å². The number of likely N-dealkylation sites (tertiary alicyclic amines) is 1. The van der Waals surface area contributed by atoms with Crippen molar-refractivity contribution in [1.82, 2.24) is 15.5 Å². The Morgan fingerprint density at radius 2 is 1.74 bits per heavy atom. The predicted molar refractivity (Wildman–Crippen MR) is 103 cm³/mol. The van der Waals surface area contributed by atoms with Crippen LogP contribution in [0.2, 0.25) is 0 Å². The number of hydrogen-bond acceptors (Lipinski definition) is 4. The summed E-state index contributed by atoms with van der Waals surface area (Å²) in [5, 5.41) is 5.56. The lowest BCUT2D eigenvalue weighted by molar-refractivity contribution is -0.136. The van der Waals surface area contributed by atoms with Gasteiger partial charge >= 0.3 is 0 Å². The summed E-state index contributed by atoms with van der Waals surface area (Å²) in [6.07, 6.45) is 1.26. The molecule has 7 heteroatoms. The first kappa shape index (κ1) is 20.9. The summed E-state index contributed by atoms with van der Waals surface area (Å²) in [6, 6.07) is 9.16. The summed E-state index contributed by atoms with van der Waals surface area (Å²) in [7, 11) is 0. The highest BCUT2D eigenvalue weighted by atomic mass is 16.2. The molecule has 0 saturated carbocycles. The standard InChI is InChI=1S/C20H30N4O3/c1-14(2)18(21)20(27)23-13-17(25)24-10-8-16(9-11-24)19(26)22-12-15-6-4-3-5-7-15/h3-7,14,16,18H,8-13,21H2,1-2H3,(H,22,26)(H,23,27)/t18-/m0/s1. The molecule has 1 aromatic rings. The van der Waals surface area contributed by atoms with E-state index in [4.69, 9.17) is 5.73 Å². The maximum absolute atomic E-state index is 12.3. The zero-order valence-corrected chi connectivity index (χ0v) is 16.1. The molecule has 27 heavy (non-hydrogen) atoms. The van der Waals surface area contributed by atoms with Crippen molar-refractivity contribution in [3.63, 3.8) is 0 Å². The molecule has 1 aliphatic rings. The number of hydrogen-bond donors (Lipinski definition) is 3. The fourth-order valence-corrected chi connectivity index (χ4v) is 3.02. The number of amides is 3. The molecule has 0 unspecified atom stereocenters. The summed E-state index contributed by atoms with van der Waals surface area (Å²) in [5.41, 5.74) is 6.83. The Hall–Kier alpha value is -2.41. The van der Waals surface area contributed by atoms with Gasteiger partial charge in [-0.3, -0.25) is 14.4 Å². The summed E-state index contributed by atoms with van der Waals surface area (Å²) in [6.45, 7) is 5.23. The molecule has 0 radical (unpaired) electrons. The van der Waals surface area contributed by atoms with Crippen molar-refractivity contribution in [1.29, 1.82) is 0 Å². The lowest BCUT2D eigenvalue weighted by Crippen LogP contribution is -2.49. The Morgan fingerprint density at radius 1 is 1.11 bits per heavy atom. The maximum Gasteiger partial charge on any atom is 0.241 e. The number of nitrogens with zero attached hydrogens (tertiary/aromatic N) is 1. The van der Waals surface area contributed by atoms with Gasteiger partial charge in [-0.2, -0.15) is 0 Å². The second-order valence-corrected chi connectivity index (χ2v) is 7.35. The van der Waals surface area contributed by atoms with Crippen LogP contribution >= 0.6 is 0 Å². The molecule has 7 nitrogen and oxygen atoms in total. The van der Waals surface area contributed by atoms with E-state index in [1.807, 2.05) is 44.2 Å². The van der Waals surface area contributed by atoms with Crippen LogP contribution in [0.3, 0.4) is 0 Å². The third kappa shape index (κ3) is 6.36. The van der Waals surface area contributed by atoms with Crippen LogP contribution in [0.15, 0.2) is 30.3 Å². The number of nitrogens with one attached hydrogen (secondary N) is 2. The van der Waals surface area contributed by atoms with E-state index in [-0.39, 0.29) is 36.1 Å². The summed E-state index contributed by atoms with van der Waals surface area (Å²) < 4.78 is 0. The molecule has 0 spiro atoms. The van der Waals surface area contributed by atoms with E-state index in [0.29, 0.717) is 32.5 Å². The molecule has 1 saturated heterocycles. The van der Waals surface area contributed by atoms with Gasteiger partial charge in [-0.25, -0.2) is 0 Å². The third-order valence-electron chi connectivity index (χ3n) is 4.96. The van der Waals surface area contributed by atoms with Crippen LogP contribution in [0.1, 0.15) is 32.3 Å². The van der Waals surface area contributed by atoms with Gasteiger partial charge in [-0.1, -0.05) is 44.2 Å². The van der Waals surface area contributed by atoms with Gasteiger partial charge in [0.2, 0.25) is 17.7 Å². The molecule has 0 bridgehead atoms.